The van der Waals surface area contributed by atoms with Crippen molar-refractivity contribution in [3.05, 3.63) is 53.7 Å². The molecule has 1 heterocycles. The van der Waals surface area contributed by atoms with Crippen LogP contribution in [0.15, 0.2) is 58.6 Å². The molecule has 70 valence electrons. The monoisotopic (exact) mass is 221 g/mol. The van der Waals surface area contributed by atoms with Crippen LogP contribution in [0.4, 0.5) is 0 Å². The van der Waals surface area contributed by atoms with Crippen molar-refractivity contribution >= 4 is 23.4 Å². The zero-order valence-corrected chi connectivity index (χ0v) is 8.92. The minimum absolute atomic E-state index is 0.696. The highest BCUT2D eigenvalue weighted by atomic mass is 35.5. The van der Waals surface area contributed by atoms with Crippen molar-refractivity contribution in [1.82, 2.24) is 4.98 Å². The normalized spacial score (nSPS) is 10.1. The maximum absolute atomic E-state index is 5.99. The third-order valence-corrected chi connectivity index (χ3v) is 3.13. The number of hydrogen-bond acceptors (Lipinski definition) is 2. The van der Waals surface area contributed by atoms with E-state index in [9.17, 15) is 0 Å². The Morgan fingerprint density at radius 1 is 1.00 bits per heavy atom. The van der Waals surface area contributed by atoms with Gasteiger partial charge in [-0.2, -0.15) is 0 Å². The van der Waals surface area contributed by atoms with Crippen molar-refractivity contribution in [1.29, 1.82) is 0 Å². The zero-order valence-electron chi connectivity index (χ0n) is 7.35. The van der Waals surface area contributed by atoms with Gasteiger partial charge in [0.25, 0.3) is 0 Å². The van der Waals surface area contributed by atoms with Gasteiger partial charge >= 0.3 is 0 Å². The van der Waals surface area contributed by atoms with E-state index >= 15 is 0 Å². The second kappa shape index (κ2) is 4.49. The van der Waals surface area contributed by atoms with Gasteiger partial charge in [-0.25, -0.2) is 4.98 Å². The molecule has 2 rings (SSSR count). The van der Waals surface area contributed by atoms with Crippen molar-refractivity contribution in [2.75, 3.05) is 0 Å². The van der Waals surface area contributed by atoms with Gasteiger partial charge in [0.1, 0.15) is 5.03 Å². The van der Waals surface area contributed by atoms with Gasteiger partial charge in [-0.1, -0.05) is 41.6 Å². The molecule has 1 aromatic heterocycles. The minimum Gasteiger partial charge on any atom is -0.248 e. The number of nitrogens with zero attached hydrogens (tertiary/aromatic N) is 1. The van der Waals surface area contributed by atoms with E-state index in [1.807, 2.05) is 42.5 Å². The van der Waals surface area contributed by atoms with E-state index in [1.54, 1.807) is 18.0 Å². The van der Waals surface area contributed by atoms with E-state index in [0.29, 0.717) is 5.02 Å². The third kappa shape index (κ3) is 2.28. The Hall–Kier alpha value is -0.990. The zero-order chi connectivity index (χ0) is 9.80. The van der Waals surface area contributed by atoms with Crippen LogP contribution < -0.4 is 0 Å². The fraction of sp³-hybridized carbons (Fsp3) is 0. The Kier molecular flexibility index (Phi) is 3.07. The van der Waals surface area contributed by atoms with Crippen LogP contribution in [0.2, 0.25) is 5.02 Å². The van der Waals surface area contributed by atoms with Gasteiger partial charge in [-0.3, -0.25) is 0 Å². The molecule has 0 aliphatic carbocycles. The number of benzene rings is 1. The molecular weight excluding hydrogens is 214 g/mol. The SMILES string of the molecule is Clc1cccnc1Sc1ccccc1. The quantitative estimate of drug-likeness (QED) is 0.763. The molecule has 0 atom stereocenters. The molecule has 0 bridgehead atoms. The minimum atomic E-state index is 0.696. The first-order valence-electron chi connectivity index (χ1n) is 4.20. The number of hydrogen-bond donors (Lipinski definition) is 0. The molecule has 3 heteroatoms. The summed E-state index contributed by atoms with van der Waals surface area (Å²) in [6, 6.07) is 13.7. The Labute approximate surface area is 92.1 Å². The second-order valence-corrected chi connectivity index (χ2v) is 4.17. The largest absolute Gasteiger partial charge is 0.248 e. The molecule has 0 amide bonds. The molecule has 0 fully saturated rings. The standard InChI is InChI=1S/C11H8ClNS/c12-10-7-4-8-13-11(10)14-9-5-2-1-3-6-9/h1-8H. The van der Waals surface area contributed by atoms with E-state index in [-0.39, 0.29) is 0 Å². The summed E-state index contributed by atoms with van der Waals surface area (Å²) in [5.41, 5.74) is 0. The molecule has 0 radical (unpaired) electrons. The number of rotatable bonds is 2. The van der Waals surface area contributed by atoms with E-state index in [1.165, 1.54) is 0 Å². The fourth-order valence-electron chi connectivity index (χ4n) is 1.05. The summed E-state index contributed by atoms with van der Waals surface area (Å²) in [6.45, 7) is 0. The molecular formula is C11H8ClNS. The molecule has 14 heavy (non-hydrogen) atoms. The fourth-order valence-corrected chi connectivity index (χ4v) is 2.08. The molecule has 0 saturated carbocycles. The summed E-state index contributed by atoms with van der Waals surface area (Å²) in [7, 11) is 0. The van der Waals surface area contributed by atoms with Gasteiger partial charge in [-0.05, 0) is 24.3 Å². The van der Waals surface area contributed by atoms with E-state index in [4.69, 9.17) is 11.6 Å². The van der Waals surface area contributed by atoms with Gasteiger partial charge in [0.15, 0.2) is 0 Å². The van der Waals surface area contributed by atoms with Crippen LogP contribution in [-0.2, 0) is 0 Å². The number of halogens is 1. The van der Waals surface area contributed by atoms with E-state index < -0.39 is 0 Å². The van der Waals surface area contributed by atoms with Crippen molar-refractivity contribution in [2.45, 2.75) is 9.92 Å². The molecule has 0 aliphatic rings. The number of aromatic nitrogens is 1. The highest BCUT2D eigenvalue weighted by Gasteiger charge is 2.01. The lowest BCUT2D eigenvalue weighted by molar-refractivity contribution is 1.13. The van der Waals surface area contributed by atoms with E-state index in [2.05, 4.69) is 4.98 Å². The Morgan fingerprint density at radius 3 is 2.50 bits per heavy atom. The van der Waals surface area contributed by atoms with Crippen molar-refractivity contribution in [2.24, 2.45) is 0 Å². The lowest BCUT2D eigenvalue weighted by atomic mass is 10.4. The summed E-state index contributed by atoms with van der Waals surface area (Å²) < 4.78 is 0. The van der Waals surface area contributed by atoms with Gasteiger partial charge in [0, 0.05) is 11.1 Å². The summed E-state index contributed by atoms with van der Waals surface area (Å²) >= 11 is 7.56. The van der Waals surface area contributed by atoms with Gasteiger partial charge in [0.2, 0.25) is 0 Å². The predicted molar refractivity (Wildman–Crippen MR) is 59.8 cm³/mol. The predicted octanol–water partition coefficient (Wildman–Crippen LogP) is 3.89. The highest BCUT2D eigenvalue weighted by Crippen LogP contribution is 2.30. The van der Waals surface area contributed by atoms with Crippen LogP contribution in [0.1, 0.15) is 0 Å². The van der Waals surface area contributed by atoms with Gasteiger partial charge in [-0.15, -0.1) is 0 Å². The Morgan fingerprint density at radius 2 is 1.79 bits per heavy atom. The first-order chi connectivity index (χ1) is 6.86. The average molecular weight is 222 g/mol. The Bertz CT molecular complexity index is 417. The van der Waals surface area contributed by atoms with Crippen LogP contribution >= 0.6 is 23.4 Å². The van der Waals surface area contributed by atoms with Crippen LogP contribution in [0, 0.1) is 0 Å². The molecule has 1 aromatic carbocycles. The molecule has 0 spiro atoms. The smallest absolute Gasteiger partial charge is 0.119 e. The molecule has 2 aromatic rings. The second-order valence-electron chi connectivity index (χ2n) is 2.71. The van der Waals surface area contributed by atoms with Crippen molar-refractivity contribution < 1.29 is 0 Å². The van der Waals surface area contributed by atoms with Crippen LogP contribution in [0.3, 0.4) is 0 Å². The summed E-state index contributed by atoms with van der Waals surface area (Å²) in [4.78, 5) is 5.35. The molecule has 0 saturated heterocycles. The van der Waals surface area contributed by atoms with Gasteiger partial charge < -0.3 is 0 Å². The van der Waals surface area contributed by atoms with Crippen molar-refractivity contribution in [3.8, 4) is 0 Å². The lowest BCUT2D eigenvalue weighted by Crippen LogP contribution is -1.79. The highest BCUT2D eigenvalue weighted by molar-refractivity contribution is 7.99. The molecule has 0 unspecified atom stereocenters. The Balaban J connectivity index is 2.24. The molecule has 0 aliphatic heterocycles. The van der Waals surface area contributed by atoms with Crippen molar-refractivity contribution in [3.63, 3.8) is 0 Å². The van der Waals surface area contributed by atoms with Crippen LogP contribution in [0.25, 0.3) is 0 Å². The van der Waals surface area contributed by atoms with E-state index in [0.717, 1.165) is 9.92 Å². The first kappa shape index (κ1) is 9.56. The molecule has 1 nitrogen and oxygen atoms in total. The topological polar surface area (TPSA) is 12.9 Å². The third-order valence-electron chi connectivity index (χ3n) is 1.68. The van der Waals surface area contributed by atoms with Crippen LogP contribution in [0.5, 0.6) is 0 Å². The average Bonchev–Trinajstić information content (AvgIpc) is 2.23. The van der Waals surface area contributed by atoms with Crippen LogP contribution in [-0.4, -0.2) is 4.98 Å². The maximum atomic E-state index is 5.99. The summed E-state index contributed by atoms with van der Waals surface area (Å²) in [5, 5.41) is 1.54. The first-order valence-corrected chi connectivity index (χ1v) is 5.39. The summed E-state index contributed by atoms with van der Waals surface area (Å²) in [5.74, 6) is 0. The molecule has 0 N–H and O–H groups in total. The number of pyridine rings is 1. The van der Waals surface area contributed by atoms with Gasteiger partial charge in [0.05, 0.1) is 5.02 Å². The summed E-state index contributed by atoms with van der Waals surface area (Å²) in [6.07, 6.45) is 1.75. The lowest BCUT2D eigenvalue weighted by Gasteiger charge is -2.01. The maximum Gasteiger partial charge on any atom is 0.119 e.